The minimum Gasteiger partial charge on any atom is -0.512 e. The van der Waals surface area contributed by atoms with Crippen LogP contribution < -0.4 is 0 Å². The molecule has 4 heteroatoms. The van der Waals surface area contributed by atoms with Crippen LogP contribution in [0, 0.1) is 54.8 Å². The van der Waals surface area contributed by atoms with Gasteiger partial charge >= 0.3 is 7.43 Å². The summed E-state index contributed by atoms with van der Waals surface area (Å²) in [5.74, 6) is 0. The Morgan fingerprint density at radius 3 is 0.444 bits per heavy atom. The van der Waals surface area contributed by atoms with Gasteiger partial charge in [0, 0.05) is 0 Å². The molecule has 40 valence electrons. The minimum atomic E-state index is 0. The number of rotatable bonds is 0. The zero-order valence-corrected chi connectivity index (χ0v) is 4.29. The third kappa shape index (κ3) is 22.5. The fourth-order valence-corrected chi connectivity index (χ4v) is 0. The van der Waals surface area contributed by atoms with Gasteiger partial charge in [-0.25, -0.2) is 0 Å². The quantitative estimate of drug-likeness (QED) is 0.429. The molecule has 0 N–H and O–H groups in total. The van der Waals surface area contributed by atoms with Crippen LogP contribution in [0.3, 0.4) is 0 Å². The van der Waals surface area contributed by atoms with E-state index in [4.69, 9.17) is 47.3 Å². The van der Waals surface area contributed by atoms with Gasteiger partial charge in [0.05, 0.1) is 0 Å². The molecule has 0 aliphatic heterocycles. The van der Waals surface area contributed by atoms with Gasteiger partial charge in [0.25, 0.3) is 0 Å². The van der Waals surface area contributed by atoms with E-state index in [1.54, 1.807) is 0 Å². The van der Waals surface area contributed by atoms with E-state index in [1.165, 1.54) is 0 Å². The molecule has 0 radical (unpaired) electrons. The van der Waals surface area contributed by atoms with E-state index in [1.807, 2.05) is 0 Å². The van der Waals surface area contributed by atoms with Crippen molar-refractivity contribution in [3.63, 3.8) is 0 Å². The first-order valence-corrected chi connectivity index (χ1v) is 0.894. The second-order valence-electron chi connectivity index (χ2n) is 0. The van der Waals surface area contributed by atoms with Crippen LogP contribution in [0.1, 0.15) is 0 Å². The number of hydrogen-bond acceptors (Lipinski definition) is 4. The van der Waals surface area contributed by atoms with Crippen molar-refractivity contribution < 1.29 is 0 Å². The molecule has 0 aromatic carbocycles. The summed E-state index contributed by atoms with van der Waals surface area (Å²) in [5.41, 5.74) is 0. The molecular formula is C5N4. The standard InChI is InChI=1S/4CN.C/c4*1-2;/q4*-1;+4. The Balaban J connectivity index is -0.00000000762. The molecule has 0 saturated carbocycles. The Morgan fingerprint density at radius 2 is 0.444 bits per heavy atom. The van der Waals surface area contributed by atoms with Gasteiger partial charge in [-0.3, -0.25) is 0 Å². The second kappa shape index (κ2) is 35.2. The molecule has 0 aromatic rings. The maximum atomic E-state index is 6.25. The minimum absolute atomic E-state index is 0. The first-order valence-electron chi connectivity index (χ1n) is 0.894. The van der Waals surface area contributed by atoms with E-state index in [-0.39, 0.29) is 7.43 Å². The molecule has 0 aliphatic rings. The summed E-state index contributed by atoms with van der Waals surface area (Å²) in [5, 5.41) is 25.0. The first kappa shape index (κ1) is 64.4. The van der Waals surface area contributed by atoms with E-state index in [0.29, 0.717) is 0 Å². The summed E-state index contributed by atoms with van der Waals surface area (Å²) in [6.45, 7) is 19.0. The van der Waals surface area contributed by atoms with Gasteiger partial charge in [0.1, 0.15) is 0 Å². The van der Waals surface area contributed by atoms with Gasteiger partial charge in [-0.15, -0.1) is 0 Å². The van der Waals surface area contributed by atoms with Gasteiger partial charge in [0.15, 0.2) is 0 Å². The van der Waals surface area contributed by atoms with E-state index in [2.05, 4.69) is 0 Å². The molecule has 0 heterocycles. The molecule has 0 fully saturated rings. The van der Waals surface area contributed by atoms with Crippen molar-refractivity contribution in [1.82, 2.24) is 0 Å². The Bertz CT molecular complexity index is 51.9. The van der Waals surface area contributed by atoms with Crippen LogP contribution in [0.2, 0.25) is 0 Å². The maximum Gasteiger partial charge on any atom is 4.00 e. The smallest absolute Gasteiger partial charge is 0.512 e. The van der Waals surface area contributed by atoms with Crippen molar-refractivity contribution in [3.8, 4) is 0 Å². The Hall–Kier alpha value is -2.04. The van der Waals surface area contributed by atoms with Gasteiger partial charge in [-0.2, -0.15) is 0 Å². The predicted molar refractivity (Wildman–Crippen MR) is 23.1 cm³/mol. The summed E-state index contributed by atoms with van der Waals surface area (Å²) < 4.78 is 0. The topological polar surface area (TPSA) is 95.2 Å². The van der Waals surface area contributed by atoms with E-state index < -0.39 is 0 Å². The van der Waals surface area contributed by atoms with Gasteiger partial charge in [-0.05, 0) is 0 Å². The molecule has 0 unspecified atom stereocenters. The summed E-state index contributed by atoms with van der Waals surface area (Å²) in [6, 6.07) is 0. The van der Waals surface area contributed by atoms with Crippen molar-refractivity contribution in [2.45, 2.75) is 0 Å². The molecule has 0 rings (SSSR count). The summed E-state index contributed by atoms with van der Waals surface area (Å²) in [6.07, 6.45) is 0. The van der Waals surface area contributed by atoms with Crippen molar-refractivity contribution in [3.05, 3.63) is 33.7 Å². The van der Waals surface area contributed by atoms with Crippen molar-refractivity contribution in [2.75, 3.05) is 0 Å². The Kier molecular flexibility index (Phi) is 252. The van der Waals surface area contributed by atoms with E-state index in [9.17, 15) is 0 Å². The Labute approximate surface area is 55.8 Å². The normalized spacial score (nSPS) is 0.889. The number of hydrogen-bond donors (Lipinski definition) is 0. The fourth-order valence-electron chi connectivity index (χ4n) is 0. The fraction of sp³-hybridized carbons (Fsp3) is 0. The number of nitrogens with zero attached hydrogens (tertiary/aromatic N) is 4. The molecule has 0 aliphatic carbocycles. The van der Waals surface area contributed by atoms with Crippen LogP contribution in [0.25, 0.3) is 0 Å². The maximum absolute atomic E-state index is 6.25. The molecule has 4 nitrogen and oxygen atoms in total. The summed E-state index contributed by atoms with van der Waals surface area (Å²) in [7, 11) is 0. The van der Waals surface area contributed by atoms with Gasteiger partial charge in [0.2, 0.25) is 0 Å². The molecular weight excluding hydrogens is 116 g/mol. The van der Waals surface area contributed by atoms with Crippen LogP contribution in [0.5, 0.6) is 0 Å². The van der Waals surface area contributed by atoms with Crippen LogP contribution in [0.4, 0.5) is 0 Å². The largest absolute Gasteiger partial charge is 4.00 e. The van der Waals surface area contributed by atoms with Crippen molar-refractivity contribution >= 4 is 0 Å². The monoisotopic (exact) mass is 116 g/mol. The van der Waals surface area contributed by atoms with E-state index >= 15 is 0 Å². The summed E-state index contributed by atoms with van der Waals surface area (Å²) in [4.78, 5) is 0. The van der Waals surface area contributed by atoms with Crippen LogP contribution in [-0.4, -0.2) is 0 Å². The van der Waals surface area contributed by atoms with Crippen molar-refractivity contribution in [2.24, 2.45) is 0 Å². The molecule has 0 aromatic heterocycles. The van der Waals surface area contributed by atoms with Crippen LogP contribution >= 0.6 is 0 Å². The van der Waals surface area contributed by atoms with Crippen LogP contribution in [0.15, 0.2) is 0 Å². The van der Waals surface area contributed by atoms with Crippen LogP contribution in [-0.2, 0) is 0 Å². The zero-order chi connectivity index (χ0) is 8.00. The molecule has 0 atom stereocenters. The zero-order valence-electron chi connectivity index (χ0n) is 4.29. The third-order valence-corrected chi connectivity index (χ3v) is 0. The first-order chi connectivity index (χ1) is 4.00. The van der Waals surface area contributed by atoms with Gasteiger partial charge < -0.3 is 47.3 Å². The average molecular weight is 116 g/mol. The predicted octanol–water partition coefficient (Wildman–Crippen LogP) is 0.467. The Morgan fingerprint density at radius 1 is 0.444 bits per heavy atom. The SMILES string of the molecule is [C+4].[C-]#N.[C-]#N.[C-]#N.[C-]#N. The third-order valence-electron chi connectivity index (χ3n) is 0. The average Bonchev–Trinajstić information content (AvgIpc) is 2.03. The molecule has 9 heavy (non-hydrogen) atoms. The van der Waals surface area contributed by atoms with Gasteiger partial charge in [-0.1, -0.05) is 0 Å². The second-order valence-corrected chi connectivity index (χ2v) is 0. The molecule has 0 spiro atoms. The molecule has 0 bridgehead atoms. The van der Waals surface area contributed by atoms with E-state index in [0.717, 1.165) is 0 Å². The molecule has 0 saturated heterocycles. The molecule has 0 amide bonds. The van der Waals surface area contributed by atoms with Crippen molar-refractivity contribution in [1.29, 1.82) is 21.0 Å². The summed E-state index contributed by atoms with van der Waals surface area (Å²) >= 11 is 0.